The Morgan fingerprint density at radius 1 is 1.25 bits per heavy atom. The van der Waals surface area contributed by atoms with Gasteiger partial charge in [-0.3, -0.25) is 4.79 Å². The molecule has 2 aliphatic rings. The van der Waals surface area contributed by atoms with E-state index in [1.165, 1.54) is 17.8 Å². The number of amides is 1. The summed E-state index contributed by atoms with van der Waals surface area (Å²) < 4.78 is 10.5. The number of benzene rings is 1. The molecule has 2 atom stereocenters. The van der Waals surface area contributed by atoms with E-state index >= 15 is 0 Å². The van der Waals surface area contributed by atoms with E-state index in [1.54, 1.807) is 25.1 Å². The van der Waals surface area contributed by atoms with E-state index in [-0.39, 0.29) is 29.3 Å². The quantitative estimate of drug-likeness (QED) is 0.624. The fourth-order valence-electron chi connectivity index (χ4n) is 3.89. The second-order valence-corrected chi connectivity index (χ2v) is 8.20. The molecule has 0 bridgehead atoms. The maximum atomic E-state index is 12.8. The van der Waals surface area contributed by atoms with Crippen LogP contribution in [-0.4, -0.2) is 23.7 Å². The number of fused-ring (bicyclic) bond motifs is 2. The molecule has 6 nitrogen and oxygen atoms in total. The van der Waals surface area contributed by atoms with E-state index < -0.39 is 11.5 Å². The number of carbonyl (C=O) groups excluding carboxylic acids is 2. The highest BCUT2D eigenvalue weighted by Gasteiger charge is 2.41. The van der Waals surface area contributed by atoms with Gasteiger partial charge in [-0.2, -0.15) is 0 Å². The lowest BCUT2D eigenvalue weighted by Crippen LogP contribution is -2.28. The summed E-state index contributed by atoms with van der Waals surface area (Å²) in [6.07, 6.45) is 4.07. The van der Waals surface area contributed by atoms with Gasteiger partial charge in [0, 0.05) is 16.6 Å². The van der Waals surface area contributed by atoms with Crippen molar-refractivity contribution in [3.8, 4) is 0 Å². The Morgan fingerprint density at radius 3 is 2.86 bits per heavy atom. The van der Waals surface area contributed by atoms with Gasteiger partial charge in [0.15, 0.2) is 0 Å². The van der Waals surface area contributed by atoms with Crippen molar-refractivity contribution in [3.63, 3.8) is 0 Å². The van der Waals surface area contributed by atoms with Gasteiger partial charge in [0.05, 0.1) is 17.2 Å². The normalized spacial score (nSPS) is 21.5. The molecule has 0 radical (unpaired) electrons. The van der Waals surface area contributed by atoms with Gasteiger partial charge in [-0.25, -0.2) is 9.59 Å². The lowest BCUT2D eigenvalue weighted by atomic mass is 9.84. The molecule has 1 aliphatic carbocycles. The van der Waals surface area contributed by atoms with Crippen LogP contribution in [0.5, 0.6) is 0 Å². The van der Waals surface area contributed by atoms with Crippen LogP contribution in [0, 0.1) is 5.92 Å². The molecule has 1 aliphatic heterocycles. The largest absolute Gasteiger partial charge is 0.463 e. The van der Waals surface area contributed by atoms with Crippen LogP contribution in [0.1, 0.15) is 43.0 Å². The molecule has 7 heteroatoms. The number of para-hydroxylation sites is 1. The molecule has 28 heavy (non-hydrogen) atoms. The first-order valence-electron chi connectivity index (χ1n) is 9.50. The van der Waals surface area contributed by atoms with Crippen LogP contribution in [0.3, 0.4) is 0 Å². The van der Waals surface area contributed by atoms with Crippen molar-refractivity contribution in [2.45, 2.75) is 37.9 Å². The number of nitrogens with one attached hydrogen (secondary N) is 1. The number of hydrogen-bond donors (Lipinski definition) is 1. The topological polar surface area (TPSA) is 85.6 Å². The van der Waals surface area contributed by atoms with Gasteiger partial charge in [0.25, 0.3) is 5.91 Å². The number of esters is 1. The fraction of sp³-hybridized carbons (Fsp3) is 0.381. The molecule has 0 unspecified atom stereocenters. The van der Waals surface area contributed by atoms with Crippen LogP contribution in [-0.2, 0) is 9.53 Å². The molecule has 1 N–H and O–H groups in total. The van der Waals surface area contributed by atoms with Crippen molar-refractivity contribution < 1.29 is 18.7 Å². The Hall–Kier alpha value is -2.54. The maximum absolute atomic E-state index is 12.8. The number of thioether (sulfide) groups is 1. The van der Waals surface area contributed by atoms with E-state index in [4.69, 9.17) is 9.15 Å². The third kappa shape index (κ3) is 3.46. The van der Waals surface area contributed by atoms with Crippen molar-refractivity contribution in [1.82, 2.24) is 5.32 Å². The summed E-state index contributed by atoms with van der Waals surface area (Å²) in [5, 5.41) is 4.22. The van der Waals surface area contributed by atoms with E-state index in [2.05, 4.69) is 5.32 Å². The monoisotopic (exact) mass is 399 g/mol. The average Bonchev–Trinajstić information content (AvgIpc) is 3.05. The Labute approximate surface area is 166 Å². The Balaban J connectivity index is 1.66. The van der Waals surface area contributed by atoms with Gasteiger partial charge in [-0.05, 0) is 31.9 Å². The molecule has 0 spiro atoms. The molecule has 1 aromatic carbocycles. The molecule has 2 aromatic rings. The van der Waals surface area contributed by atoms with Crippen molar-refractivity contribution in [2.24, 2.45) is 5.92 Å². The molecule has 2 heterocycles. The van der Waals surface area contributed by atoms with Gasteiger partial charge >= 0.3 is 11.6 Å². The third-order valence-corrected chi connectivity index (χ3v) is 6.62. The highest BCUT2D eigenvalue weighted by molar-refractivity contribution is 8.04. The van der Waals surface area contributed by atoms with Crippen LogP contribution in [0.15, 0.2) is 50.1 Å². The minimum Gasteiger partial charge on any atom is -0.463 e. The first kappa shape index (κ1) is 18.8. The average molecular weight is 399 g/mol. The predicted molar refractivity (Wildman–Crippen MR) is 107 cm³/mol. The van der Waals surface area contributed by atoms with E-state index in [9.17, 15) is 14.4 Å². The van der Waals surface area contributed by atoms with Crippen LogP contribution in [0.2, 0.25) is 0 Å². The van der Waals surface area contributed by atoms with Gasteiger partial charge in [0.2, 0.25) is 0 Å². The van der Waals surface area contributed by atoms with E-state index in [1.807, 2.05) is 6.07 Å². The third-order valence-electron chi connectivity index (χ3n) is 5.20. The highest BCUT2D eigenvalue weighted by atomic mass is 32.2. The van der Waals surface area contributed by atoms with Crippen molar-refractivity contribution in [2.75, 3.05) is 6.61 Å². The summed E-state index contributed by atoms with van der Waals surface area (Å²) in [6.45, 7) is 2.04. The van der Waals surface area contributed by atoms with Gasteiger partial charge in [0.1, 0.15) is 11.1 Å². The molecule has 1 fully saturated rings. The Morgan fingerprint density at radius 2 is 2.04 bits per heavy atom. The zero-order valence-electron chi connectivity index (χ0n) is 15.5. The summed E-state index contributed by atoms with van der Waals surface area (Å²) >= 11 is 1.50. The van der Waals surface area contributed by atoms with Gasteiger partial charge < -0.3 is 14.5 Å². The second-order valence-electron chi connectivity index (χ2n) is 6.95. The number of carbonyl (C=O) groups is 2. The highest BCUT2D eigenvalue weighted by Crippen LogP contribution is 2.48. The summed E-state index contributed by atoms with van der Waals surface area (Å²) in [4.78, 5) is 37.6. The molecular weight excluding hydrogens is 378 g/mol. The molecule has 146 valence electrons. The standard InChI is InChI=1S/C21H21NO5S/c1-2-26-21(25)17-13-8-4-6-10-16(13)28-19(17)22-18(23)14-11-12-7-3-5-9-15(12)27-20(14)24/h3,5,7,9,11,13,16H,2,4,6,8,10H2,1H3,(H,22,23)/t13-,16-/m1/s1. The Bertz CT molecular complexity index is 1020. The van der Waals surface area contributed by atoms with E-state index in [0.29, 0.717) is 21.6 Å². The zero-order chi connectivity index (χ0) is 19.7. The van der Waals surface area contributed by atoms with Gasteiger partial charge in [-0.1, -0.05) is 31.0 Å². The Kier molecular flexibility index (Phi) is 5.26. The molecule has 0 saturated heterocycles. The summed E-state index contributed by atoms with van der Waals surface area (Å²) in [5.74, 6) is -0.867. The first-order chi connectivity index (χ1) is 13.6. The smallest absolute Gasteiger partial charge is 0.349 e. The lowest BCUT2D eigenvalue weighted by molar-refractivity contribution is -0.139. The molecule has 1 aromatic heterocycles. The molecule has 1 amide bonds. The molecule has 4 rings (SSSR count). The minimum atomic E-state index is -0.699. The number of ether oxygens (including phenoxy) is 1. The molecular formula is C21H21NO5S. The first-order valence-corrected chi connectivity index (χ1v) is 10.4. The van der Waals surface area contributed by atoms with E-state index in [0.717, 1.165) is 25.7 Å². The second kappa shape index (κ2) is 7.83. The summed E-state index contributed by atoms with van der Waals surface area (Å²) in [6, 6.07) is 8.55. The van der Waals surface area contributed by atoms with Gasteiger partial charge in [-0.15, -0.1) is 11.8 Å². The number of hydrogen-bond acceptors (Lipinski definition) is 6. The van der Waals surface area contributed by atoms with Crippen LogP contribution < -0.4 is 10.9 Å². The SMILES string of the molecule is CCOC(=O)C1=C(NC(=O)c2cc3ccccc3oc2=O)S[C@@H]2CCCC[C@@H]12. The fourth-order valence-corrected chi connectivity index (χ4v) is 5.43. The summed E-state index contributed by atoms with van der Waals surface area (Å²) in [5.41, 5.74) is 0.187. The lowest BCUT2D eigenvalue weighted by Gasteiger charge is -2.25. The predicted octanol–water partition coefficient (Wildman–Crippen LogP) is 3.60. The van der Waals surface area contributed by atoms with Crippen LogP contribution >= 0.6 is 11.8 Å². The molecule has 1 saturated carbocycles. The van der Waals surface area contributed by atoms with Crippen molar-refractivity contribution in [1.29, 1.82) is 0 Å². The number of rotatable bonds is 4. The minimum absolute atomic E-state index is 0.0788. The maximum Gasteiger partial charge on any atom is 0.349 e. The van der Waals surface area contributed by atoms with Crippen molar-refractivity contribution in [3.05, 3.63) is 56.9 Å². The van der Waals surface area contributed by atoms with Crippen LogP contribution in [0.4, 0.5) is 0 Å². The summed E-state index contributed by atoms with van der Waals surface area (Å²) in [7, 11) is 0. The zero-order valence-corrected chi connectivity index (χ0v) is 16.3. The van der Waals surface area contributed by atoms with Crippen LogP contribution in [0.25, 0.3) is 11.0 Å². The van der Waals surface area contributed by atoms with Crippen molar-refractivity contribution >= 4 is 34.6 Å².